The molecule has 0 aromatic heterocycles. The number of carbonyl (C=O) groups excluding carboxylic acids is 5. The van der Waals surface area contributed by atoms with Crippen molar-refractivity contribution >= 4 is 41.9 Å². The molecule has 1 aromatic carbocycles. The number of halogens is 1. The van der Waals surface area contributed by atoms with Crippen molar-refractivity contribution in [2.24, 2.45) is 0 Å². The highest BCUT2D eigenvalue weighted by Gasteiger charge is 2.46. The molecule has 11 heteroatoms. The molecule has 0 spiro atoms. The second-order valence-corrected chi connectivity index (χ2v) is 7.17. The first kappa shape index (κ1) is 21.7. The minimum absolute atomic E-state index is 0. The molecule has 0 bridgehead atoms. The van der Waals surface area contributed by atoms with Crippen LogP contribution in [0.15, 0.2) is 18.2 Å². The van der Waals surface area contributed by atoms with Crippen molar-refractivity contribution in [1.82, 2.24) is 20.9 Å². The van der Waals surface area contributed by atoms with Gasteiger partial charge in [-0.2, -0.15) is 0 Å². The molecule has 30 heavy (non-hydrogen) atoms. The number of carbonyl (C=O) groups is 5. The zero-order valence-corrected chi connectivity index (χ0v) is 16.8. The van der Waals surface area contributed by atoms with Gasteiger partial charge in [0.1, 0.15) is 11.8 Å². The van der Waals surface area contributed by atoms with Crippen LogP contribution in [0.25, 0.3) is 0 Å². The van der Waals surface area contributed by atoms with Crippen molar-refractivity contribution in [1.29, 1.82) is 0 Å². The number of hydrogen-bond acceptors (Lipinski definition) is 7. The Morgan fingerprint density at radius 3 is 2.67 bits per heavy atom. The van der Waals surface area contributed by atoms with Crippen LogP contribution in [0.4, 0.5) is 0 Å². The molecule has 1 aromatic rings. The van der Waals surface area contributed by atoms with E-state index in [1.807, 2.05) is 0 Å². The quantitative estimate of drug-likeness (QED) is 0.523. The first-order valence-electron chi connectivity index (χ1n) is 9.43. The van der Waals surface area contributed by atoms with E-state index in [-0.39, 0.29) is 60.7 Å². The summed E-state index contributed by atoms with van der Waals surface area (Å²) in [6, 6.07) is 3.51. The van der Waals surface area contributed by atoms with E-state index in [0.717, 1.165) is 17.9 Å². The van der Waals surface area contributed by atoms with Crippen molar-refractivity contribution in [3.05, 3.63) is 29.3 Å². The van der Waals surface area contributed by atoms with Crippen LogP contribution < -0.4 is 20.7 Å². The van der Waals surface area contributed by atoms with Crippen molar-refractivity contribution in [2.75, 3.05) is 19.7 Å². The summed E-state index contributed by atoms with van der Waals surface area (Å²) in [5.41, 5.74) is 0.134. The number of rotatable bonds is 5. The predicted molar refractivity (Wildman–Crippen MR) is 105 cm³/mol. The molecule has 0 saturated carbocycles. The second kappa shape index (κ2) is 8.80. The topological polar surface area (TPSA) is 134 Å². The number of nitrogens with zero attached hydrogens (tertiary/aromatic N) is 1. The molecular weight excluding hydrogens is 416 g/mol. The Labute approximate surface area is 178 Å². The summed E-state index contributed by atoms with van der Waals surface area (Å²) >= 11 is 0. The maximum absolute atomic E-state index is 12.9. The van der Waals surface area contributed by atoms with Gasteiger partial charge in [0.25, 0.3) is 17.7 Å². The van der Waals surface area contributed by atoms with E-state index < -0.39 is 29.7 Å². The van der Waals surface area contributed by atoms with Gasteiger partial charge in [0.05, 0.1) is 11.1 Å². The van der Waals surface area contributed by atoms with Gasteiger partial charge < -0.3 is 15.4 Å². The minimum atomic E-state index is -1.05. The number of imide groups is 2. The maximum atomic E-state index is 12.9. The van der Waals surface area contributed by atoms with Gasteiger partial charge >= 0.3 is 0 Å². The van der Waals surface area contributed by atoms with Crippen molar-refractivity contribution in [3.8, 4) is 5.75 Å². The van der Waals surface area contributed by atoms with E-state index in [1.165, 1.54) is 12.1 Å². The third-order valence-electron chi connectivity index (χ3n) is 5.21. The van der Waals surface area contributed by atoms with Crippen molar-refractivity contribution in [3.63, 3.8) is 0 Å². The fourth-order valence-corrected chi connectivity index (χ4v) is 3.79. The Balaban J connectivity index is 0.00000256. The van der Waals surface area contributed by atoms with E-state index in [2.05, 4.69) is 16.0 Å². The van der Waals surface area contributed by atoms with E-state index in [9.17, 15) is 24.0 Å². The second-order valence-electron chi connectivity index (χ2n) is 7.17. The molecule has 0 radical (unpaired) electrons. The summed E-state index contributed by atoms with van der Waals surface area (Å²) in [5.74, 6) is -2.62. The number of hydrogen-bond donors (Lipinski definition) is 3. The van der Waals surface area contributed by atoms with E-state index in [0.29, 0.717) is 6.54 Å². The molecule has 4 rings (SSSR count). The molecule has 2 saturated heterocycles. The molecule has 3 N–H and O–H groups in total. The van der Waals surface area contributed by atoms with Crippen LogP contribution in [0.5, 0.6) is 5.75 Å². The summed E-state index contributed by atoms with van der Waals surface area (Å²) in [6.07, 6.45) is 0.952. The highest BCUT2D eigenvalue weighted by Crippen LogP contribution is 2.33. The van der Waals surface area contributed by atoms with E-state index in [4.69, 9.17) is 4.74 Å². The molecule has 10 nitrogen and oxygen atoms in total. The highest BCUT2D eigenvalue weighted by atomic mass is 35.5. The number of ether oxygens (including phenoxy) is 1. The van der Waals surface area contributed by atoms with Crippen molar-refractivity contribution < 1.29 is 28.7 Å². The Morgan fingerprint density at radius 1 is 1.17 bits per heavy atom. The van der Waals surface area contributed by atoms with Crippen LogP contribution in [-0.4, -0.2) is 66.2 Å². The number of fused-ring (bicyclic) bond motifs is 1. The summed E-state index contributed by atoms with van der Waals surface area (Å²) in [5, 5.41) is 8.13. The molecule has 2 fully saturated rings. The van der Waals surface area contributed by atoms with Crippen LogP contribution >= 0.6 is 12.4 Å². The van der Waals surface area contributed by atoms with E-state index >= 15 is 0 Å². The molecule has 0 aliphatic carbocycles. The smallest absolute Gasteiger partial charge is 0.266 e. The maximum Gasteiger partial charge on any atom is 0.266 e. The lowest BCUT2D eigenvalue weighted by molar-refractivity contribution is -0.136. The monoisotopic (exact) mass is 436 g/mol. The Hall–Kier alpha value is -2.98. The Bertz CT molecular complexity index is 914. The summed E-state index contributed by atoms with van der Waals surface area (Å²) in [6.45, 7) is 1.23. The van der Waals surface area contributed by atoms with Crippen LogP contribution in [0.2, 0.25) is 0 Å². The fourth-order valence-electron chi connectivity index (χ4n) is 3.79. The zero-order valence-electron chi connectivity index (χ0n) is 15.9. The molecule has 3 heterocycles. The number of nitrogens with one attached hydrogen (secondary N) is 3. The fraction of sp³-hybridized carbons (Fsp3) is 0.421. The van der Waals surface area contributed by atoms with Crippen molar-refractivity contribution in [2.45, 2.75) is 31.3 Å². The normalized spacial score (nSPS) is 23.0. The van der Waals surface area contributed by atoms with Crippen LogP contribution in [-0.2, 0) is 14.4 Å². The van der Waals surface area contributed by atoms with E-state index in [1.54, 1.807) is 6.07 Å². The van der Waals surface area contributed by atoms with Gasteiger partial charge in [-0.1, -0.05) is 6.07 Å². The van der Waals surface area contributed by atoms with Gasteiger partial charge in [-0.25, -0.2) is 0 Å². The molecule has 2 atom stereocenters. The number of benzene rings is 1. The molecule has 5 amide bonds. The van der Waals surface area contributed by atoms with Gasteiger partial charge in [-0.15, -0.1) is 12.4 Å². The largest absolute Gasteiger partial charge is 0.483 e. The third-order valence-corrected chi connectivity index (χ3v) is 5.21. The summed E-state index contributed by atoms with van der Waals surface area (Å²) in [7, 11) is 0. The summed E-state index contributed by atoms with van der Waals surface area (Å²) < 4.78 is 5.53. The van der Waals surface area contributed by atoms with Crippen LogP contribution in [0.3, 0.4) is 0 Å². The first-order valence-corrected chi connectivity index (χ1v) is 9.43. The number of amides is 5. The van der Waals surface area contributed by atoms with Gasteiger partial charge in [-0.05, 0) is 31.5 Å². The zero-order chi connectivity index (χ0) is 20.5. The molecular formula is C19H21ClN4O6. The predicted octanol–water partition coefficient (Wildman–Crippen LogP) is -0.633. The van der Waals surface area contributed by atoms with Gasteiger partial charge in [0.2, 0.25) is 11.8 Å². The highest BCUT2D eigenvalue weighted by molar-refractivity contribution is 6.24. The molecule has 160 valence electrons. The standard InChI is InChI=1S/C19H20N4O6.ClH/c24-14-5-4-12(17(26)22-14)23-18(27)11-2-1-3-13(16(11)19(23)28)29-9-15(25)21-10-6-7-20-8-10;/h1-3,10,12,20H,4-9H2,(H,21,25)(H,22,24,26);1H/t10-,12?;/m1./s1. The Morgan fingerprint density at radius 2 is 1.97 bits per heavy atom. The lowest BCUT2D eigenvalue weighted by Gasteiger charge is -2.27. The molecule has 3 aliphatic heterocycles. The minimum Gasteiger partial charge on any atom is -0.483 e. The van der Waals surface area contributed by atoms with Gasteiger partial charge in [0.15, 0.2) is 6.61 Å². The first-order chi connectivity index (χ1) is 14.0. The summed E-state index contributed by atoms with van der Waals surface area (Å²) in [4.78, 5) is 62.1. The molecule has 3 aliphatic rings. The Kier molecular flexibility index (Phi) is 6.37. The van der Waals surface area contributed by atoms with Crippen LogP contribution in [0.1, 0.15) is 40.0 Å². The van der Waals surface area contributed by atoms with Gasteiger partial charge in [-0.3, -0.25) is 34.2 Å². The number of piperidine rings is 1. The third kappa shape index (κ3) is 4.01. The molecule has 1 unspecified atom stereocenters. The average molecular weight is 437 g/mol. The van der Waals surface area contributed by atoms with Crippen LogP contribution in [0, 0.1) is 0 Å². The average Bonchev–Trinajstić information content (AvgIpc) is 3.28. The lowest BCUT2D eigenvalue weighted by atomic mass is 10.0. The van der Waals surface area contributed by atoms with Gasteiger partial charge in [0, 0.05) is 19.0 Å². The lowest BCUT2D eigenvalue weighted by Crippen LogP contribution is -2.54. The SMILES string of the molecule is Cl.O=C1CCC(N2C(=O)c3cccc(OCC(=O)N[C@@H]4CCNC4)c3C2=O)C(=O)N1.